The molecular formula is C10H17N3O6. The van der Waals surface area contributed by atoms with Gasteiger partial charge in [-0.1, -0.05) is 0 Å². The monoisotopic (exact) mass is 275 g/mol. The van der Waals surface area contributed by atoms with E-state index in [1.54, 1.807) is 0 Å². The van der Waals surface area contributed by atoms with Crippen molar-refractivity contribution < 1.29 is 29.4 Å². The van der Waals surface area contributed by atoms with Gasteiger partial charge in [-0.25, -0.2) is 9.59 Å². The Labute approximate surface area is 109 Å². The van der Waals surface area contributed by atoms with Gasteiger partial charge in [0.05, 0.1) is 0 Å². The van der Waals surface area contributed by atoms with Crippen LogP contribution >= 0.6 is 0 Å². The topological polar surface area (TPSA) is 150 Å². The zero-order valence-electron chi connectivity index (χ0n) is 10.5. The number of carboxylic acids is 2. The maximum Gasteiger partial charge on any atom is 0.326 e. The molecule has 0 aromatic heterocycles. The number of nitrogens with one attached hydrogen (secondary N) is 1. The van der Waals surface area contributed by atoms with Gasteiger partial charge in [-0.2, -0.15) is 0 Å². The molecule has 0 saturated heterocycles. The predicted octanol–water partition coefficient (Wildman–Crippen LogP) is -1.18. The van der Waals surface area contributed by atoms with Crippen LogP contribution in [0.5, 0.6) is 0 Å². The van der Waals surface area contributed by atoms with Crippen molar-refractivity contribution in [2.24, 2.45) is 5.73 Å². The van der Waals surface area contributed by atoms with Crippen LogP contribution in [-0.4, -0.2) is 58.6 Å². The van der Waals surface area contributed by atoms with Crippen LogP contribution in [0.4, 0.5) is 4.79 Å². The second-order valence-corrected chi connectivity index (χ2v) is 3.95. The summed E-state index contributed by atoms with van der Waals surface area (Å²) in [6.45, 7) is -0.340. The molecule has 9 heteroatoms. The van der Waals surface area contributed by atoms with Gasteiger partial charge < -0.3 is 26.2 Å². The molecule has 1 atom stereocenters. The maximum atomic E-state index is 11.5. The average Bonchev–Trinajstić information content (AvgIpc) is 2.25. The number of aliphatic carboxylic acids is 2. The van der Waals surface area contributed by atoms with E-state index in [1.807, 2.05) is 0 Å². The third-order valence-corrected chi connectivity index (χ3v) is 2.22. The van der Waals surface area contributed by atoms with Gasteiger partial charge in [0.1, 0.15) is 12.6 Å². The molecule has 5 N–H and O–H groups in total. The van der Waals surface area contributed by atoms with Crippen molar-refractivity contribution in [1.82, 2.24) is 10.2 Å². The molecule has 9 nitrogen and oxygen atoms in total. The first-order valence-electron chi connectivity index (χ1n) is 5.48. The summed E-state index contributed by atoms with van der Waals surface area (Å²) in [6, 6.07) is -1.97. The molecule has 108 valence electrons. The van der Waals surface area contributed by atoms with Gasteiger partial charge >= 0.3 is 18.0 Å². The SMILES string of the molecule is CN(CC(N)=O)C(=O)N[C@H](CCCC(=O)O)C(=O)O. The third-order valence-electron chi connectivity index (χ3n) is 2.22. The summed E-state index contributed by atoms with van der Waals surface area (Å²) in [4.78, 5) is 44.2. The van der Waals surface area contributed by atoms with Crippen molar-refractivity contribution in [3.63, 3.8) is 0 Å². The molecule has 19 heavy (non-hydrogen) atoms. The Balaban J connectivity index is 4.33. The van der Waals surface area contributed by atoms with Gasteiger partial charge in [-0.05, 0) is 12.8 Å². The quantitative estimate of drug-likeness (QED) is 0.438. The van der Waals surface area contributed by atoms with Crippen LogP contribution in [0.15, 0.2) is 0 Å². The van der Waals surface area contributed by atoms with Crippen LogP contribution in [0, 0.1) is 0 Å². The summed E-state index contributed by atoms with van der Waals surface area (Å²) in [5.41, 5.74) is 4.89. The van der Waals surface area contributed by atoms with Crippen molar-refractivity contribution in [2.45, 2.75) is 25.3 Å². The highest BCUT2D eigenvalue weighted by Gasteiger charge is 2.22. The van der Waals surface area contributed by atoms with E-state index in [2.05, 4.69) is 5.32 Å². The molecule has 0 radical (unpaired) electrons. The first-order chi connectivity index (χ1) is 8.73. The van der Waals surface area contributed by atoms with Gasteiger partial charge in [-0.15, -0.1) is 0 Å². The molecule has 0 spiro atoms. The second-order valence-electron chi connectivity index (χ2n) is 3.95. The molecule has 0 aromatic carbocycles. The lowest BCUT2D eigenvalue weighted by atomic mass is 10.1. The third kappa shape index (κ3) is 7.58. The van der Waals surface area contributed by atoms with Crippen LogP contribution in [-0.2, 0) is 14.4 Å². The molecule has 0 unspecified atom stereocenters. The number of carbonyl (C=O) groups excluding carboxylic acids is 2. The van der Waals surface area contributed by atoms with E-state index in [0.717, 1.165) is 4.90 Å². The number of hydrogen-bond acceptors (Lipinski definition) is 4. The zero-order valence-corrected chi connectivity index (χ0v) is 10.5. The normalized spacial score (nSPS) is 11.4. The van der Waals surface area contributed by atoms with E-state index in [1.165, 1.54) is 7.05 Å². The van der Waals surface area contributed by atoms with Gasteiger partial charge in [-0.3, -0.25) is 9.59 Å². The first-order valence-corrected chi connectivity index (χ1v) is 5.48. The lowest BCUT2D eigenvalue weighted by Gasteiger charge is -2.20. The van der Waals surface area contributed by atoms with Crippen LogP contribution < -0.4 is 11.1 Å². The maximum absolute atomic E-state index is 11.5. The number of urea groups is 1. The van der Waals surface area contributed by atoms with Crippen LogP contribution in [0.2, 0.25) is 0 Å². The summed E-state index contributed by atoms with van der Waals surface area (Å²) in [6.07, 6.45) is -0.0827. The summed E-state index contributed by atoms with van der Waals surface area (Å²) >= 11 is 0. The Kier molecular flexibility index (Phi) is 6.94. The Morgan fingerprint density at radius 1 is 1.26 bits per heavy atom. The lowest BCUT2D eigenvalue weighted by Crippen LogP contribution is -2.48. The molecule has 3 amide bonds. The van der Waals surface area contributed by atoms with Crippen molar-refractivity contribution in [1.29, 1.82) is 0 Å². The first kappa shape index (κ1) is 16.7. The molecule has 0 aromatic rings. The number of likely N-dealkylation sites (N-methyl/N-ethyl adjacent to an activating group) is 1. The Hall–Kier alpha value is -2.32. The summed E-state index contributed by atoms with van der Waals surface area (Å²) in [7, 11) is 1.29. The minimum absolute atomic E-state index is 0.0161. The standard InChI is InChI=1S/C10H17N3O6/c1-13(5-7(11)14)10(19)12-6(9(17)18)3-2-4-8(15)16/h6H,2-5H2,1H3,(H2,11,14)(H,12,19)(H,15,16)(H,17,18)/t6-/m1/s1. The van der Waals surface area contributed by atoms with Gasteiger partial charge in [0, 0.05) is 13.5 Å². The van der Waals surface area contributed by atoms with Gasteiger partial charge in [0.15, 0.2) is 0 Å². The van der Waals surface area contributed by atoms with Crippen molar-refractivity contribution in [2.75, 3.05) is 13.6 Å². The van der Waals surface area contributed by atoms with E-state index in [4.69, 9.17) is 15.9 Å². The second kappa shape index (κ2) is 7.90. The fourth-order valence-corrected chi connectivity index (χ4v) is 1.28. The number of carboxylic acid groups (broad SMARTS) is 2. The molecule has 0 aliphatic carbocycles. The smallest absolute Gasteiger partial charge is 0.326 e. The molecular weight excluding hydrogens is 258 g/mol. The minimum atomic E-state index is -1.27. The Morgan fingerprint density at radius 3 is 2.26 bits per heavy atom. The number of hydrogen-bond donors (Lipinski definition) is 4. The average molecular weight is 275 g/mol. The number of rotatable bonds is 8. The van der Waals surface area contributed by atoms with E-state index < -0.39 is 29.9 Å². The zero-order chi connectivity index (χ0) is 15.0. The molecule has 0 aliphatic heterocycles. The highest BCUT2D eigenvalue weighted by Crippen LogP contribution is 2.02. The number of nitrogens with zero attached hydrogens (tertiary/aromatic N) is 1. The largest absolute Gasteiger partial charge is 0.481 e. The molecule has 0 saturated carbocycles. The Bertz CT molecular complexity index is 370. The van der Waals surface area contributed by atoms with Gasteiger partial charge in [0.2, 0.25) is 5.91 Å². The fraction of sp³-hybridized carbons (Fsp3) is 0.600. The molecule has 0 aliphatic rings. The number of nitrogens with two attached hydrogens (primary N) is 1. The highest BCUT2D eigenvalue weighted by molar-refractivity contribution is 5.85. The van der Waals surface area contributed by atoms with Crippen LogP contribution in [0.1, 0.15) is 19.3 Å². The number of primary amides is 1. The summed E-state index contributed by atoms with van der Waals surface area (Å²) < 4.78 is 0. The van der Waals surface area contributed by atoms with Gasteiger partial charge in [0.25, 0.3) is 0 Å². The van der Waals surface area contributed by atoms with Crippen LogP contribution in [0.3, 0.4) is 0 Å². The van der Waals surface area contributed by atoms with E-state index in [9.17, 15) is 19.2 Å². The van der Waals surface area contributed by atoms with Crippen molar-refractivity contribution in [3.8, 4) is 0 Å². The Morgan fingerprint density at radius 2 is 1.84 bits per heavy atom. The highest BCUT2D eigenvalue weighted by atomic mass is 16.4. The molecule has 0 heterocycles. The minimum Gasteiger partial charge on any atom is -0.481 e. The number of amides is 3. The summed E-state index contributed by atoms with van der Waals surface area (Å²) in [5.74, 6) is -3.04. The molecule has 0 bridgehead atoms. The summed E-state index contributed by atoms with van der Waals surface area (Å²) in [5, 5.41) is 19.5. The fourth-order valence-electron chi connectivity index (χ4n) is 1.28. The van der Waals surface area contributed by atoms with Crippen molar-refractivity contribution >= 4 is 23.9 Å². The van der Waals surface area contributed by atoms with Crippen molar-refractivity contribution in [3.05, 3.63) is 0 Å². The lowest BCUT2D eigenvalue weighted by molar-refractivity contribution is -0.140. The molecule has 0 fully saturated rings. The number of carbonyl (C=O) groups is 4. The van der Waals surface area contributed by atoms with E-state index in [0.29, 0.717) is 0 Å². The van der Waals surface area contributed by atoms with Crippen LogP contribution in [0.25, 0.3) is 0 Å². The van der Waals surface area contributed by atoms with E-state index in [-0.39, 0.29) is 25.8 Å². The predicted molar refractivity (Wildman–Crippen MR) is 63.3 cm³/mol. The molecule has 0 rings (SSSR count). The van der Waals surface area contributed by atoms with E-state index >= 15 is 0 Å².